The first-order valence-corrected chi connectivity index (χ1v) is 9.25. The summed E-state index contributed by atoms with van der Waals surface area (Å²) in [5.41, 5.74) is 1.53. The highest BCUT2D eigenvalue weighted by Gasteiger charge is 2.18. The Morgan fingerprint density at radius 3 is 2.26 bits per heavy atom. The van der Waals surface area contributed by atoms with Gasteiger partial charge in [-0.25, -0.2) is 12.8 Å². The predicted octanol–water partition coefficient (Wildman–Crippen LogP) is 3.34. The maximum Gasteiger partial charge on any atom is 0.263 e. The van der Waals surface area contributed by atoms with E-state index in [1.807, 2.05) is 6.07 Å². The summed E-state index contributed by atoms with van der Waals surface area (Å²) in [7, 11) is -3.91. The van der Waals surface area contributed by atoms with Crippen molar-refractivity contribution in [3.05, 3.63) is 71.5 Å². The van der Waals surface area contributed by atoms with Crippen LogP contribution in [-0.2, 0) is 10.0 Å². The van der Waals surface area contributed by atoms with Crippen LogP contribution in [0.1, 0.15) is 11.1 Å². The molecule has 2 N–H and O–H groups in total. The minimum Gasteiger partial charge on any atom is -0.339 e. The van der Waals surface area contributed by atoms with Crippen molar-refractivity contribution in [3.8, 4) is 6.07 Å². The molecule has 27 heavy (non-hydrogen) atoms. The first-order valence-electron chi connectivity index (χ1n) is 7.77. The molecule has 0 aliphatic rings. The molecule has 136 valence electrons. The van der Waals surface area contributed by atoms with Gasteiger partial charge in [-0.3, -0.25) is 4.72 Å². The predicted molar refractivity (Wildman–Crippen MR) is 98.4 cm³/mol. The lowest BCUT2D eigenvalue weighted by Gasteiger charge is -2.10. The van der Waals surface area contributed by atoms with Gasteiger partial charge in [-0.1, -0.05) is 0 Å². The van der Waals surface area contributed by atoms with Gasteiger partial charge in [-0.2, -0.15) is 5.26 Å². The number of nitrogens with zero attached hydrogens (tertiary/aromatic N) is 3. The smallest absolute Gasteiger partial charge is 0.263 e. The largest absolute Gasteiger partial charge is 0.339 e. The van der Waals surface area contributed by atoms with Crippen LogP contribution in [-0.4, -0.2) is 18.6 Å². The molecule has 0 fully saturated rings. The van der Waals surface area contributed by atoms with Crippen molar-refractivity contribution in [3.63, 3.8) is 0 Å². The third-order valence-electron chi connectivity index (χ3n) is 3.62. The van der Waals surface area contributed by atoms with Gasteiger partial charge < -0.3 is 5.32 Å². The normalized spacial score (nSPS) is 10.9. The number of benzene rings is 2. The molecule has 1 heterocycles. The summed E-state index contributed by atoms with van der Waals surface area (Å²) in [5.74, 6) is -0.0748. The van der Waals surface area contributed by atoms with E-state index in [0.717, 1.165) is 12.1 Å². The summed E-state index contributed by atoms with van der Waals surface area (Å²) in [5, 5.41) is 19.5. The minimum absolute atomic E-state index is 0.0316. The molecule has 0 bridgehead atoms. The van der Waals surface area contributed by atoms with Gasteiger partial charge in [-0.15, -0.1) is 10.2 Å². The SMILES string of the molecule is Cc1cc(F)ccc1S(=O)(=O)Nc1ccc(Nc2ccc(C#N)cc2)nn1. The maximum absolute atomic E-state index is 13.2. The topological polar surface area (TPSA) is 108 Å². The second kappa shape index (κ2) is 7.39. The van der Waals surface area contributed by atoms with Gasteiger partial charge in [0.1, 0.15) is 5.82 Å². The van der Waals surface area contributed by atoms with Crippen LogP contribution < -0.4 is 10.0 Å². The molecule has 0 aliphatic carbocycles. The molecule has 0 amide bonds. The van der Waals surface area contributed by atoms with Gasteiger partial charge in [0.2, 0.25) is 0 Å². The van der Waals surface area contributed by atoms with Gasteiger partial charge in [0.25, 0.3) is 10.0 Å². The number of hydrogen-bond donors (Lipinski definition) is 2. The number of anilines is 3. The zero-order chi connectivity index (χ0) is 19.4. The Labute approximate surface area is 155 Å². The van der Waals surface area contributed by atoms with Crippen molar-refractivity contribution >= 4 is 27.3 Å². The van der Waals surface area contributed by atoms with Crippen LogP contribution in [0.2, 0.25) is 0 Å². The van der Waals surface area contributed by atoms with Crippen LogP contribution in [0.15, 0.2) is 59.5 Å². The lowest BCUT2D eigenvalue weighted by atomic mass is 10.2. The zero-order valence-corrected chi connectivity index (χ0v) is 15.0. The van der Waals surface area contributed by atoms with E-state index in [0.29, 0.717) is 17.1 Å². The molecule has 0 saturated heterocycles. The number of halogens is 1. The average Bonchev–Trinajstić information content (AvgIpc) is 2.63. The first kappa shape index (κ1) is 18.3. The standard InChI is InChI=1S/C18H14FN5O2S/c1-12-10-14(19)4-7-16(12)27(25,26)24-18-9-8-17(22-23-18)21-15-5-2-13(11-20)3-6-15/h2-10H,1H3,(H,21,22)(H,23,24). The van der Waals surface area contributed by atoms with Crippen molar-refractivity contribution in [2.24, 2.45) is 0 Å². The van der Waals surface area contributed by atoms with E-state index in [1.165, 1.54) is 19.1 Å². The molecule has 0 aliphatic heterocycles. The van der Waals surface area contributed by atoms with E-state index in [-0.39, 0.29) is 16.3 Å². The highest BCUT2D eigenvalue weighted by Crippen LogP contribution is 2.20. The Bertz CT molecular complexity index is 1110. The summed E-state index contributed by atoms with van der Waals surface area (Å²) >= 11 is 0. The molecule has 3 rings (SSSR count). The lowest BCUT2D eigenvalue weighted by Crippen LogP contribution is -2.15. The van der Waals surface area contributed by atoms with Crippen molar-refractivity contribution in [2.75, 3.05) is 10.0 Å². The van der Waals surface area contributed by atoms with E-state index >= 15 is 0 Å². The summed E-state index contributed by atoms with van der Waals surface area (Å²) in [6.07, 6.45) is 0. The summed E-state index contributed by atoms with van der Waals surface area (Å²) < 4.78 is 40.3. The number of sulfonamides is 1. The second-order valence-corrected chi connectivity index (χ2v) is 7.28. The summed E-state index contributed by atoms with van der Waals surface area (Å²) in [6, 6.07) is 15.2. The lowest BCUT2D eigenvalue weighted by molar-refractivity contribution is 0.598. The van der Waals surface area contributed by atoms with Crippen LogP contribution >= 0.6 is 0 Å². The van der Waals surface area contributed by atoms with Crippen molar-refractivity contribution in [1.82, 2.24) is 10.2 Å². The molecule has 9 heteroatoms. The Morgan fingerprint density at radius 1 is 1.00 bits per heavy atom. The van der Waals surface area contributed by atoms with Crippen LogP contribution in [0, 0.1) is 24.1 Å². The quantitative estimate of drug-likeness (QED) is 0.700. The molecular weight excluding hydrogens is 369 g/mol. The molecule has 0 spiro atoms. The minimum atomic E-state index is -3.91. The van der Waals surface area contributed by atoms with Gasteiger partial charge in [-0.05, 0) is 67.1 Å². The van der Waals surface area contributed by atoms with Crippen molar-refractivity contribution in [2.45, 2.75) is 11.8 Å². The molecule has 0 saturated carbocycles. The number of aryl methyl sites for hydroxylation is 1. The third kappa shape index (κ3) is 4.37. The van der Waals surface area contributed by atoms with Crippen molar-refractivity contribution < 1.29 is 12.8 Å². The summed E-state index contributed by atoms with van der Waals surface area (Å²) in [6.45, 7) is 1.51. The first-order chi connectivity index (χ1) is 12.9. The van der Waals surface area contributed by atoms with Crippen LogP contribution in [0.3, 0.4) is 0 Å². The Morgan fingerprint density at radius 2 is 1.67 bits per heavy atom. The molecule has 2 aromatic carbocycles. The van der Waals surface area contributed by atoms with Crippen LogP contribution in [0.5, 0.6) is 0 Å². The highest BCUT2D eigenvalue weighted by atomic mass is 32.2. The molecule has 3 aromatic rings. The fraction of sp³-hybridized carbons (Fsp3) is 0.0556. The van der Waals surface area contributed by atoms with Gasteiger partial charge in [0, 0.05) is 5.69 Å². The third-order valence-corrected chi connectivity index (χ3v) is 5.13. The molecule has 0 unspecified atom stereocenters. The number of nitrogens with one attached hydrogen (secondary N) is 2. The fourth-order valence-electron chi connectivity index (χ4n) is 2.34. The molecule has 7 nitrogen and oxygen atoms in total. The van der Waals surface area contributed by atoms with E-state index in [1.54, 1.807) is 30.3 Å². The highest BCUT2D eigenvalue weighted by molar-refractivity contribution is 7.92. The average molecular weight is 383 g/mol. The number of nitriles is 1. The van der Waals surface area contributed by atoms with E-state index in [9.17, 15) is 12.8 Å². The Kier molecular flexibility index (Phi) is 5.00. The number of rotatable bonds is 5. The van der Waals surface area contributed by atoms with Gasteiger partial charge in [0.05, 0.1) is 16.5 Å². The van der Waals surface area contributed by atoms with Crippen LogP contribution in [0.25, 0.3) is 0 Å². The molecule has 1 aromatic heterocycles. The number of hydrogen-bond acceptors (Lipinski definition) is 6. The maximum atomic E-state index is 13.2. The molecule has 0 radical (unpaired) electrons. The van der Waals surface area contributed by atoms with Crippen molar-refractivity contribution in [1.29, 1.82) is 5.26 Å². The fourth-order valence-corrected chi connectivity index (χ4v) is 3.56. The monoisotopic (exact) mass is 383 g/mol. The zero-order valence-electron chi connectivity index (χ0n) is 14.1. The Hall–Kier alpha value is -3.51. The number of aromatic nitrogens is 2. The van der Waals surface area contributed by atoms with E-state index < -0.39 is 15.8 Å². The van der Waals surface area contributed by atoms with E-state index in [4.69, 9.17) is 5.26 Å². The molecular formula is C18H14FN5O2S. The summed E-state index contributed by atoms with van der Waals surface area (Å²) in [4.78, 5) is -0.0366. The van der Waals surface area contributed by atoms with Gasteiger partial charge >= 0.3 is 0 Å². The molecule has 0 atom stereocenters. The van der Waals surface area contributed by atoms with Crippen LogP contribution in [0.4, 0.5) is 21.7 Å². The second-order valence-electron chi connectivity index (χ2n) is 5.63. The van der Waals surface area contributed by atoms with E-state index in [2.05, 4.69) is 20.2 Å². The Balaban J connectivity index is 1.74. The van der Waals surface area contributed by atoms with Gasteiger partial charge in [0.15, 0.2) is 11.6 Å².